The van der Waals surface area contributed by atoms with Gasteiger partial charge in [-0.05, 0) is 43.9 Å². The first-order valence-electron chi connectivity index (χ1n) is 9.59. The van der Waals surface area contributed by atoms with Gasteiger partial charge in [-0.25, -0.2) is 0 Å². The van der Waals surface area contributed by atoms with Crippen LogP contribution in [0.5, 0.6) is 5.75 Å². The Morgan fingerprint density at radius 3 is 2.53 bits per heavy atom. The van der Waals surface area contributed by atoms with E-state index in [9.17, 15) is 24.8 Å². The van der Waals surface area contributed by atoms with Crippen LogP contribution in [0.1, 0.15) is 51.7 Å². The van der Waals surface area contributed by atoms with E-state index in [0.717, 1.165) is 35.4 Å². The predicted molar refractivity (Wildman–Crippen MR) is 114 cm³/mol. The van der Waals surface area contributed by atoms with Gasteiger partial charge in [0, 0.05) is 45.5 Å². The molecule has 1 aromatic rings. The zero-order valence-electron chi connectivity index (χ0n) is 18.1. The first-order valence-corrected chi connectivity index (χ1v) is 9.59. The molecule has 0 fully saturated rings. The average molecular weight is 419 g/mol. The summed E-state index contributed by atoms with van der Waals surface area (Å²) in [6, 6.07) is 3.53. The molecule has 1 heterocycles. The molecular formula is C21H29N3O6. The van der Waals surface area contributed by atoms with Crippen molar-refractivity contribution in [2.24, 2.45) is 4.99 Å². The summed E-state index contributed by atoms with van der Waals surface area (Å²) in [5.41, 5.74) is 3.42. The minimum Gasteiger partial charge on any atom is -0.508 e. The Bertz CT molecular complexity index is 857. The van der Waals surface area contributed by atoms with E-state index in [1.54, 1.807) is 31.9 Å². The highest BCUT2D eigenvalue weighted by Crippen LogP contribution is 2.32. The van der Waals surface area contributed by atoms with Gasteiger partial charge in [-0.3, -0.25) is 24.7 Å². The van der Waals surface area contributed by atoms with Crippen molar-refractivity contribution in [2.75, 3.05) is 18.6 Å². The van der Waals surface area contributed by atoms with Crippen molar-refractivity contribution in [3.05, 3.63) is 45.3 Å². The molecule has 0 unspecified atom stereocenters. The molecule has 0 aliphatic carbocycles. The second-order valence-corrected chi connectivity index (χ2v) is 7.11. The fourth-order valence-electron chi connectivity index (χ4n) is 2.69. The largest absolute Gasteiger partial charge is 0.508 e. The van der Waals surface area contributed by atoms with Crippen LogP contribution >= 0.6 is 0 Å². The zero-order chi connectivity index (χ0) is 22.8. The topological polar surface area (TPSA) is 122 Å². The van der Waals surface area contributed by atoms with Gasteiger partial charge in [-0.15, -0.1) is 0 Å². The zero-order valence-corrected chi connectivity index (χ0v) is 18.1. The van der Waals surface area contributed by atoms with Gasteiger partial charge in [0.05, 0.1) is 23.4 Å². The highest BCUT2D eigenvalue weighted by molar-refractivity contribution is 5.94. The number of nitrogens with zero attached hydrogens (tertiary/aromatic N) is 3. The third-order valence-corrected chi connectivity index (χ3v) is 4.33. The molecule has 9 heteroatoms. The van der Waals surface area contributed by atoms with Gasteiger partial charge in [-0.1, -0.05) is 0 Å². The number of hydrogen-bond acceptors (Lipinski definition) is 7. The lowest BCUT2D eigenvalue weighted by atomic mass is 10.0. The number of ether oxygens (including phenoxy) is 1. The molecule has 0 radical (unpaired) electrons. The number of aliphatic imine (C=N–C) groups is 1. The van der Waals surface area contributed by atoms with Crippen molar-refractivity contribution >= 4 is 23.3 Å². The molecule has 2 rings (SSSR count). The molecule has 0 aromatic heterocycles. The molecule has 1 amide bonds. The van der Waals surface area contributed by atoms with Gasteiger partial charge >= 0.3 is 5.97 Å². The number of phenolic OH excluding ortho intramolecular Hbond substituents is 1. The molecule has 1 aliphatic rings. The number of phenols is 1. The molecule has 1 aromatic carbocycles. The second-order valence-electron chi connectivity index (χ2n) is 7.11. The van der Waals surface area contributed by atoms with Crippen molar-refractivity contribution in [3.8, 4) is 5.75 Å². The Morgan fingerprint density at radius 1 is 1.30 bits per heavy atom. The number of allylic oxidation sites excluding steroid dienone is 1. The van der Waals surface area contributed by atoms with E-state index < -0.39 is 4.92 Å². The molecule has 0 saturated carbocycles. The summed E-state index contributed by atoms with van der Waals surface area (Å²) in [5.74, 6) is -0.127. The van der Waals surface area contributed by atoms with Crippen LogP contribution in [0.25, 0.3) is 0 Å². The molecule has 0 saturated heterocycles. The Labute approximate surface area is 176 Å². The maximum atomic E-state index is 11.8. The van der Waals surface area contributed by atoms with Crippen molar-refractivity contribution in [1.82, 2.24) is 0 Å². The van der Waals surface area contributed by atoms with Crippen LogP contribution in [0.3, 0.4) is 0 Å². The first kappa shape index (κ1) is 24.8. The van der Waals surface area contributed by atoms with Gasteiger partial charge in [-0.2, -0.15) is 0 Å². The van der Waals surface area contributed by atoms with Crippen LogP contribution in [0.2, 0.25) is 0 Å². The highest BCUT2D eigenvalue weighted by atomic mass is 16.6. The average Bonchev–Trinajstić information content (AvgIpc) is 2.79. The molecule has 0 atom stereocenters. The predicted octanol–water partition coefficient (Wildman–Crippen LogP) is 3.40. The fourth-order valence-corrected chi connectivity index (χ4v) is 2.69. The molecule has 1 N–H and O–H groups in total. The summed E-state index contributed by atoms with van der Waals surface area (Å²) < 4.78 is 4.89. The summed E-state index contributed by atoms with van der Waals surface area (Å²) in [5, 5.41) is 20.0. The number of rotatable bonds is 5. The van der Waals surface area contributed by atoms with Crippen LogP contribution < -0.4 is 4.90 Å². The third kappa shape index (κ3) is 8.02. The van der Waals surface area contributed by atoms with Gasteiger partial charge in [0.15, 0.2) is 0 Å². The number of nitro groups is 1. The van der Waals surface area contributed by atoms with E-state index in [2.05, 4.69) is 4.99 Å². The van der Waals surface area contributed by atoms with Gasteiger partial charge in [0.25, 0.3) is 5.70 Å². The molecule has 164 valence electrons. The Morgan fingerprint density at radius 2 is 1.97 bits per heavy atom. The molecule has 9 nitrogen and oxygen atoms in total. The summed E-state index contributed by atoms with van der Waals surface area (Å²) in [6.07, 6.45) is 3.86. The lowest BCUT2D eigenvalue weighted by Crippen LogP contribution is -2.25. The summed E-state index contributed by atoms with van der Waals surface area (Å²) in [4.78, 5) is 37.4. The SMILES string of the molecule is CC(=O)OCCc1cc2c(cc1O)N(C)C(=O)CCC2.CC(C)=N/C=C(\C)[N+](=O)[O-]. The highest BCUT2D eigenvalue weighted by Gasteiger charge is 2.20. The summed E-state index contributed by atoms with van der Waals surface area (Å²) in [7, 11) is 1.73. The molecule has 0 spiro atoms. The van der Waals surface area contributed by atoms with E-state index in [4.69, 9.17) is 4.74 Å². The number of esters is 1. The number of carbonyl (C=O) groups excluding carboxylic acids is 2. The molecular weight excluding hydrogens is 390 g/mol. The lowest BCUT2D eigenvalue weighted by molar-refractivity contribution is -0.424. The smallest absolute Gasteiger partial charge is 0.302 e. The molecule has 30 heavy (non-hydrogen) atoms. The summed E-state index contributed by atoms with van der Waals surface area (Å²) >= 11 is 0. The fraction of sp³-hybridized carbons (Fsp3) is 0.476. The van der Waals surface area contributed by atoms with Crippen LogP contribution in [0, 0.1) is 10.1 Å². The number of fused-ring (bicyclic) bond motifs is 1. The van der Waals surface area contributed by atoms with Gasteiger partial charge in [0.2, 0.25) is 5.91 Å². The van der Waals surface area contributed by atoms with Crippen molar-refractivity contribution in [3.63, 3.8) is 0 Å². The molecule has 1 aliphatic heterocycles. The number of amides is 1. The number of hydrogen-bond donors (Lipinski definition) is 1. The monoisotopic (exact) mass is 419 g/mol. The van der Waals surface area contributed by atoms with Crippen LogP contribution in [-0.2, 0) is 27.2 Å². The normalized spacial score (nSPS) is 13.4. The van der Waals surface area contributed by atoms with E-state index in [1.807, 2.05) is 6.07 Å². The quantitative estimate of drug-likeness (QED) is 0.338. The van der Waals surface area contributed by atoms with Crippen LogP contribution in [0.4, 0.5) is 5.69 Å². The Hall–Kier alpha value is -3.23. The first-order chi connectivity index (χ1) is 14.0. The Balaban J connectivity index is 0.000000382. The maximum Gasteiger partial charge on any atom is 0.302 e. The van der Waals surface area contributed by atoms with Crippen molar-refractivity contribution in [2.45, 2.75) is 53.4 Å². The number of carbonyl (C=O) groups is 2. The molecule has 0 bridgehead atoms. The number of anilines is 1. The van der Waals surface area contributed by atoms with Gasteiger partial charge < -0.3 is 14.7 Å². The second kappa shape index (κ2) is 11.7. The minimum absolute atomic E-state index is 0.0567. The summed E-state index contributed by atoms with van der Waals surface area (Å²) in [6.45, 7) is 6.58. The van der Waals surface area contributed by atoms with E-state index in [-0.39, 0.29) is 29.9 Å². The van der Waals surface area contributed by atoms with Crippen molar-refractivity contribution in [1.29, 1.82) is 0 Å². The third-order valence-electron chi connectivity index (χ3n) is 4.33. The van der Waals surface area contributed by atoms with Crippen LogP contribution in [0.15, 0.2) is 29.0 Å². The van der Waals surface area contributed by atoms with Gasteiger partial charge in [0.1, 0.15) is 5.75 Å². The van der Waals surface area contributed by atoms with E-state index >= 15 is 0 Å². The maximum absolute atomic E-state index is 11.8. The van der Waals surface area contributed by atoms with Crippen molar-refractivity contribution < 1.29 is 24.4 Å². The number of benzene rings is 1. The standard InChI is InChI=1S/C15H19NO4.C6H10N2O2/c1-10(17)20-7-6-12-8-11-4-3-5-15(19)16(2)13(11)9-14(12)18;1-5(2)7-4-6(3)8(9)10/h8-9,18H,3-7H2,1-2H3;4H,1-3H3/b;6-4+. The van der Waals surface area contributed by atoms with E-state index in [1.165, 1.54) is 20.0 Å². The lowest BCUT2D eigenvalue weighted by Gasteiger charge is -2.19. The van der Waals surface area contributed by atoms with E-state index in [0.29, 0.717) is 12.8 Å². The minimum atomic E-state index is -0.466. The Kier molecular flexibility index (Phi) is 9.67. The van der Waals surface area contributed by atoms with Crippen LogP contribution in [-0.4, -0.2) is 41.3 Å². The number of aromatic hydroxyl groups is 1. The number of aryl methyl sites for hydroxylation is 1.